The molecule has 0 unspecified atom stereocenters. The number of rotatable bonds is 3. The normalized spacial score (nSPS) is 14.5. The van der Waals surface area contributed by atoms with Gasteiger partial charge in [0.2, 0.25) is 0 Å². The molecule has 146 valence electrons. The van der Waals surface area contributed by atoms with Crippen LogP contribution in [-0.2, 0) is 7.05 Å². The number of hydrogen-bond acceptors (Lipinski definition) is 5. The number of thiophene rings is 1. The van der Waals surface area contributed by atoms with Crippen molar-refractivity contribution < 1.29 is 14.3 Å². The summed E-state index contributed by atoms with van der Waals surface area (Å²) in [6.45, 7) is 4.05. The summed E-state index contributed by atoms with van der Waals surface area (Å²) in [6, 6.07) is 9.08. The predicted octanol–water partition coefficient (Wildman–Crippen LogP) is 2.55. The van der Waals surface area contributed by atoms with Gasteiger partial charge in [0.15, 0.2) is 0 Å². The number of fused-ring (bicyclic) bond motifs is 1. The van der Waals surface area contributed by atoms with Gasteiger partial charge < -0.3 is 14.5 Å². The van der Waals surface area contributed by atoms with Gasteiger partial charge in [-0.3, -0.25) is 14.3 Å². The molecular weight excluding hydrogens is 376 g/mol. The van der Waals surface area contributed by atoms with Gasteiger partial charge in [0.1, 0.15) is 10.6 Å². The minimum atomic E-state index is -0.0328. The number of aryl methyl sites for hydroxylation is 2. The first kappa shape index (κ1) is 18.5. The molecule has 0 aliphatic carbocycles. The highest BCUT2D eigenvalue weighted by molar-refractivity contribution is 7.20. The number of hydrogen-bond donors (Lipinski definition) is 0. The van der Waals surface area contributed by atoms with Crippen LogP contribution < -0.4 is 4.74 Å². The summed E-state index contributed by atoms with van der Waals surface area (Å²) in [5.74, 6) is 0.651. The van der Waals surface area contributed by atoms with Gasteiger partial charge in [-0.25, -0.2) is 0 Å². The number of carbonyl (C=O) groups excluding carboxylic acids is 2. The fourth-order valence-electron chi connectivity index (χ4n) is 3.52. The first-order valence-corrected chi connectivity index (χ1v) is 9.95. The monoisotopic (exact) mass is 398 g/mol. The lowest BCUT2D eigenvalue weighted by atomic mass is 10.1. The van der Waals surface area contributed by atoms with Crippen LogP contribution >= 0.6 is 11.3 Å². The van der Waals surface area contributed by atoms with Crippen molar-refractivity contribution in [1.82, 2.24) is 19.6 Å². The second kappa shape index (κ2) is 7.27. The molecule has 0 saturated carbocycles. The van der Waals surface area contributed by atoms with Crippen LogP contribution in [0.1, 0.15) is 25.7 Å². The molecule has 28 heavy (non-hydrogen) atoms. The van der Waals surface area contributed by atoms with Crippen molar-refractivity contribution in [2.24, 2.45) is 7.05 Å². The lowest BCUT2D eigenvalue weighted by Crippen LogP contribution is -2.50. The van der Waals surface area contributed by atoms with E-state index >= 15 is 0 Å². The maximum absolute atomic E-state index is 12.9. The van der Waals surface area contributed by atoms with Crippen LogP contribution in [0.3, 0.4) is 0 Å². The molecule has 1 aliphatic rings. The molecule has 2 amide bonds. The maximum atomic E-state index is 12.9. The van der Waals surface area contributed by atoms with E-state index in [1.54, 1.807) is 24.1 Å². The summed E-state index contributed by atoms with van der Waals surface area (Å²) < 4.78 is 7.01. The Bertz CT molecular complexity index is 1010. The van der Waals surface area contributed by atoms with Crippen molar-refractivity contribution in [3.8, 4) is 5.75 Å². The molecular formula is C20H22N4O3S. The molecule has 0 atom stereocenters. The van der Waals surface area contributed by atoms with Crippen LogP contribution in [0.15, 0.2) is 30.3 Å². The van der Waals surface area contributed by atoms with E-state index in [4.69, 9.17) is 4.74 Å². The van der Waals surface area contributed by atoms with Crippen molar-refractivity contribution in [1.29, 1.82) is 0 Å². The number of carbonyl (C=O) groups is 2. The Labute approximate surface area is 167 Å². The zero-order valence-electron chi connectivity index (χ0n) is 16.1. The minimum Gasteiger partial charge on any atom is -0.497 e. The molecule has 4 rings (SSSR count). The van der Waals surface area contributed by atoms with E-state index in [-0.39, 0.29) is 11.8 Å². The Morgan fingerprint density at radius 2 is 1.75 bits per heavy atom. The second-order valence-electron chi connectivity index (χ2n) is 6.85. The zero-order valence-corrected chi connectivity index (χ0v) is 17.0. The SMILES string of the molecule is COc1cccc(C(=O)N2CCN(C(=O)c3cc4c(C)nn(C)c4s3)CC2)c1. The van der Waals surface area contributed by atoms with Crippen LogP contribution in [0.2, 0.25) is 0 Å². The molecule has 8 heteroatoms. The lowest BCUT2D eigenvalue weighted by Gasteiger charge is -2.34. The highest BCUT2D eigenvalue weighted by atomic mass is 32.1. The maximum Gasteiger partial charge on any atom is 0.264 e. The number of methoxy groups -OCH3 is 1. The average molecular weight is 398 g/mol. The van der Waals surface area contributed by atoms with Crippen molar-refractivity contribution in [2.45, 2.75) is 6.92 Å². The molecule has 1 fully saturated rings. The van der Waals surface area contributed by atoms with Crippen LogP contribution in [-0.4, -0.2) is 64.7 Å². The molecule has 3 aromatic rings. The highest BCUT2D eigenvalue weighted by Gasteiger charge is 2.27. The van der Waals surface area contributed by atoms with E-state index in [1.165, 1.54) is 11.3 Å². The number of nitrogens with zero attached hydrogens (tertiary/aromatic N) is 4. The predicted molar refractivity (Wildman–Crippen MR) is 108 cm³/mol. The zero-order chi connectivity index (χ0) is 19.8. The molecule has 7 nitrogen and oxygen atoms in total. The minimum absolute atomic E-state index is 0.0223. The molecule has 1 aromatic carbocycles. The fourth-order valence-corrected chi connectivity index (χ4v) is 4.61. The lowest BCUT2D eigenvalue weighted by molar-refractivity contribution is 0.0538. The third-order valence-electron chi connectivity index (χ3n) is 5.08. The summed E-state index contributed by atoms with van der Waals surface area (Å²) in [4.78, 5) is 31.0. The average Bonchev–Trinajstić information content (AvgIpc) is 3.28. The molecule has 0 spiro atoms. The molecule has 2 aromatic heterocycles. The van der Waals surface area contributed by atoms with E-state index in [0.717, 1.165) is 20.8 Å². The van der Waals surface area contributed by atoms with Crippen molar-refractivity contribution in [3.05, 3.63) is 46.5 Å². The van der Waals surface area contributed by atoms with Crippen LogP contribution in [0.5, 0.6) is 5.75 Å². The Balaban J connectivity index is 1.43. The summed E-state index contributed by atoms with van der Waals surface area (Å²) >= 11 is 1.47. The van der Waals surface area contributed by atoms with Crippen LogP contribution in [0, 0.1) is 6.92 Å². The number of amides is 2. The highest BCUT2D eigenvalue weighted by Crippen LogP contribution is 2.28. The Morgan fingerprint density at radius 3 is 2.39 bits per heavy atom. The van der Waals surface area contributed by atoms with E-state index < -0.39 is 0 Å². The van der Waals surface area contributed by atoms with Crippen molar-refractivity contribution in [3.63, 3.8) is 0 Å². The van der Waals surface area contributed by atoms with Crippen molar-refractivity contribution in [2.75, 3.05) is 33.3 Å². The standard InChI is InChI=1S/C20H22N4O3S/c1-13-16-12-17(28-20(16)22(2)21-13)19(26)24-9-7-23(8-10-24)18(25)14-5-4-6-15(11-14)27-3/h4-6,11-12H,7-10H2,1-3H3. The summed E-state index contributed by atoms with van der Waals surface area (Å²) in [6.07, 6.45) is 0. The number of piperazine rings is 1. The van der Waals surface area contributed by atoms with Gasteiger partial charge in [-0.2, -0.15) is 5.10 Å². The molecule has 0 N–H and O–H groups in total. The van der Waals surface area contributed by atoms with E-state index in [1.807, 2.05) is 41.8 Å². The van der Waals surface area contributed by atoms with Gasteiger partial charge in [0.25, 0.3) is 11.8 Å². The Hall–Kier alpha value is -2.87. The summed E-state index contributed by atoms with van der Waals surface area (Å²) in [7, 11) is 3.47. The van der Waals surface area contributed by atoms with Gasteiger partial charge >= 0.3 is 0 Å². The quantitative estimate of drug-likeness (QED) is 0.680. The fraction of sp³-hybridized carbons (Fsp3) is 0.350. The van der Waals surface area contributed by atoms with Crippen LogP contribution in [0.4, 0.5) is 0 Å². The van der Waals surface area contributed by atoms with Gasteiger partial charge in [0.05, 0.1) is 17.7 Å². The summed E-state index contributed by atoms with van der Waals surface area (Å²) in [5, 5.41) is 5.41. The molecule has 3 heterocycles. The Morgan fingerprint density at radius 1 is 1.07 bits per heavy atom. The number of ether oxygens (including phenoxy) is 1. The molecule has 0 bridgehead atoms. The molecule has 0 radical (unpaired) electrons. The summed E-state index contributed by atoms with van der Waals surface area (Å²) in [5.41, 5.74) is 1.54. The van der Waals surface area contributed by atoms with Gasteiger partial charge in [-0.05, 0) is 31.2 Å². The third kappa shape index (κ3) is 3.24. The van der Waals surface area contributed by atoms with E-state index in [2.05, 4.69) is 5.10 Å². The number of aromatic nitrogens is 2. The van der Waals surface area contributed by atoms with E-state index in [9.17, 15) is 9.59 Å². The van der Waals surface area contributed by atoms with Crippen LogP contribution in [0.25, 0.3) is 10.2 Å². The third-order valence-corrected chi connectivity index (χ3v) is 6.27. The van der Waals surface area contributed by atoms with Gasteiger partial charge in [-0.1, -0.05) is 6.07 Å². The largest absolute Gasteiger partial charge is 0.497 e. The van der Waals surface area contributed by atoms with Gasteiger partial charge in [0, 0.05) is 44.2 Å². The first-order chi connectivity index (χ1) is 13.5. The van der Waals surface area contributed by atoms with Gasteiger partial charge in [-0.15, -0.1) is 11.3 Å². The molecule has 1 aliphatic heterocycles. The smallest absolute Gasteiger partial charge is 0.264 e. The Kier molecular flexibility index (Phi) is 4.80. The molecule has 1 saturated heterocycles. The topological polar surface area (TPSA) is 67.7 Å². The first-order valence-electron chi connectivity index (χ1n) is 9.13. The number of benzene rings is 1. The second-order valence-corrected chi connectivity index (χ2v) is 7.89. The van der Waals surface area contributed by atoms with E-state index in [0.29, 0.717) is 37.5 Å². The van der Waals surface area contributed by atoms with Crippen molar-refractivity contribution >= 4 is 33.4 Å².